The first kappa shape index (κ1) is 13.6. The molecule has 1 aromatic rings. The van der Waals surface area contributed by atoms with Crippen molar-refractivity contribution in [2.75, 3.05) is 7.11 Å². The molecule has 0 aliphatic carbocycles. The van der Waals surface area contributed by atoms with Crippen LogP contribution < -0.4 is 4.74 Å². The number of hydrogen-bond donors (Lipinski definition) is 1. The Morgan fingerprint density at radius 3 is 2.68 bits per heavy atom. The summed E-state index contributed by atoms with van der Waals surface area (Å²) in [6, 6.07) is 4.79. The zero-order valence-electron chi connectivity index (χ0n) is 10.6. The maximum absolute atomic E-state index is 12.3. The van der Waals surface area contributed by atoms with Crippen LogP contribution in [-0.4, -0.2) is 26.6 Å². The topological polar surface area (TPSA) is 80.7 Å². The smallest absolute Gasteiger partial charge is 0.306 e. The van der Waals surface area contributed by atoms with Gasteiger partial charge < -0.3 is 9.84 Å². The van der Waals surface area contributed by atoms with Crippen LogP contribution in [-0.2, 0) is 14.6 Å². The molecule has 0 radical (unpaired) electrons. The van der Waals surface area contributed by atoms with Crippen molar-refractivity contribution >= 4 is 21.9 Å². The van der Waals surface area contributed by atoms with E-state index in [-0.39, 0.29) is 16.2 Å². The predicted octanol–water partition coefficient (Wildman–Crippen LogP) is 1.93. The van der Waals surface area contributed by atoms with E-state index in [0.29, 0.717) is 11.3 Å². The summed E-state index contributed by atoms with van der Waals surface area (Å²) in [5.74, 6) is -1.29. The molecule has 1 aliphatic heterocycles. The van der Waals surface area contributed by atoms with Crippen LogP contribution in [0.3, 0.4) is 0 Å². The highest BCUT2D eigenvalue weighted by Crippen LogP contribution is 2.37. The van der Waals surface area contributed by atoms with Gasteiger partial charge in [-0.1, -0.05) is 6.92 Å². The first-order chi connectivity index (χ1) is 8.86. The standard InChI is InChI=1S/C13H14O5S/c1-8(13(14)15)5-11-6-9-3-4-10(18-2)7-12(9)19(11,16)17/h3-4,6-8H,5H2,1-2H3,(H,14,15). The molecule has 0 saturated heterocycles. The molecule has 0 fully saturated rings. The van der Waals surface area contributed by atoms with Gasteiger partial charge in [0.25, 0.3) is 0 Å². The quantitative estimate of drug-likeness (QED) is 0.912. The van der Waals surface area contributed by atoms with Crippen molar-refractivity contribution in [1.82, 2.24) is 0 Å². The molecule has 102 valence electrons. The number of hydrogen-bond acceptors (Lipinski definition) is 4. The van der Waals surface area contributed by atoms with Crippen molar-refractivity contribution in [3.63, 3.8) is 0 Å². The predicted molar refractivity (Wildman–Crippen MR) is 69.6 cm³/mol. The number of carboxylic acid groups (broad SMARTS) is 1. The maximum atomic E-state index is 12.3. The monoisotopic (exact) mass is 282 g/mol. The van der Waals surface area contributed by atoms with Gasteiger partial charge >= 0.3 is 5.97 Å². The molecule has 0 spiro atoms. The van der Waals surface area contributed by atoms with Gasteiger partial charge in [-0.2, -0.15) is 0 Å². The first-order valence-corrected chi connectivity index (χ1v) is 7.21. The Labute approximate surface area is 111 Å². The van der Waals surface area contributed by atoms with Gasteiger partial charge in [0, 0.05) is 0 Å². The Morgan fingerprint density at radius 1 is 1.42 bits per heavy atom. The molecule has 1 aromatic carbocycles. The zero-order chi connectivity index (χ0) is 14.2. The Kier molecular flexibility index (Phi) is 3.36. The highest BCUT2D eigenvalue weighted by Gasteiger charge is 2.31. The van der Waals surface area contributed by atoms with Crippen molar-refractivity contribution in [2.45, 2.75) is 18.2 Å². The first-order valence-electron chi connectivity index (χ1n) is 5.72. The average Bonchev–Trinajstić information content (AvgIpc) is 2.61. The Bertz CT molecular complexity index is 658. The molecule has 0 aromatic heterocycles. The van der Waals surface area contributed by atoms with Crippen LogP contribution in [0, 0.1) is 5.92 Å². The third kappa shape index (κ3) is 2.35. The molecule has 1 unspecified atom stereocenters. The molecule has 1 N–H and O–H groups in total. The third-order valence-electron chi connectivity index (χ3n) is 3.10. The lowest BCUT2D eigenvalue weighted by atomic mass is 10.1. The summed E-state index contributed by atoms with van der Waals surface area (Å²) in [4.78, 5) is 11.2. The third-order valence-corrected chi connectivity index (χ3v) is 5.01. The summed E-state index contributed by atoms with van der Waals surface area (Å²) >= 11 is 0. The van der Waals surface area contributed by atoms with Crippen LogP contribution in [0.5, 0.6) is 5.75 Å². The van der Waals surface area contributed by atoms with E-state index < -0.39 is 21.7 Å². The van der Waals surface area contributed by atoms with Crippen molar-refractivity contribution < 1.29 is 23.1 Å². The minimum absolute atomic E-state index is 0.00530. The van der Waals surface area contributed by atoms with E-state index in [9.17, 15) is 13.2 Å². The summed E-state index contributed by atoms with van der Waals surface area (Å²) in [6.07, 6.45) is 1.53. The number of fused-ring (bicyclic) bond motifs is 1. The van der Waals surface area contributed by atoms with Crippen molar-refractivity contribution in [2.24, 2.45) is 5.92 Å². The lowest BCUT2D eigenvalue weighted by Crippen LogP contribution is -2.12. The SMILES string of the molecule is COc1ccc2c(c1)S(=O)(=O)C(CC(C)C(=O)O)=C2. The average molecular weight is 282 g/mol. The van der Waals surface area contributed by atoms with Crippen LogP contribution in [0.4, 0.5) is 0 Å². The van der Waals surface area contributed by atoms with Crippen LogP contribution in [0.1, 0.15) is 18.9 Å². The van der Waals surface area contributed by atoms with Gasteiger partial charge in [0.1, 0.15) is 5.75 Å². The fourth-order valence-electron chi connectivity index (χ4n) is 1.94. The zero-order valence-corrected chi connectivity index (χ0v) is 11.4. The van der Waals surface area contributed by atoms with Crippen molar-refractivity contribution in [3.05, 3.63) is 28.7 Å². The lowest BCUT2D eigenvalue weighted by Gasteiger charge is -2.08. The molecule has 0 bridgehead atoms. The summed E-state index contributed by atoms with van der Waals surface area (Å²) in [5, 5.41) is 8.87. The molecule has 1 atom stereocenters. The molecule has 2 rings (SSSR count). The van der Waals surface area contributed by atoms with E-state index in [2.05, 4.69) is 0 Å². The number of methoxy groups -OCH3 is 1. The van der Waals surface area contributed by atoms with Gasteiger partial charge in [0.2, 0.25) is 9.84 Å². The number of aliphatic carboxylic acids is 1. The highest BCUT2D eigenvalue weighted by atomic mass is 32.2. The molecule has 5 nitrogen and oxygen atoms in total. The number of benzene rings is 1. The second-order valence-corrected chi connectivity index (χ2v) is 6.43. The van der Waals surface area contributed by atoms with Crippen molar-refractivity contribution in [3.8, 4) is 5.75 Å². The summed E-state index contributed by atoms with van der Waals surface area (Å²) in [5.41, 5.74) is 0.577. The Morgan fingerprint density at radius 2 is 2.11 bits per heavy atom. The Balaban J connectivity index is 2.40. The number of allylic oxidation sites excluding steroid dienone is 1. The number of sulfone groups is 1. The van der Waals surface area contributed by atoms with E-state index in [1.165, 1.54) is 26.2 Å². The minimum Gasteiger partial charge on any atom is -0.497 e. The van der Waals surface area contributed by atoms with Crippen LogP contribution in [0.2, 0.25) is 0 Å². The van der Waals surface area contributed by atoms with Gasteiger partial charge in [-0.25, -0.2) is 8.42 Å². The summed E-state index contributed by atoms with van der Waals surface area (Å²) < 4.78 is 29.6. The summed E-state index contributed by atoms with van der Waals surface area (Å²) in [6.45, 7) is 1.49. The molecular formula is C13H14O5S. The van der Waals surface area contributed by atoms with E-state index in [0.717, 1.165) is 0 Å². The van der Waals surface area contributed by atoms with Crippen LogP contribution in [0.15, 0.2) is 28.0 Å². The summed E-state index contributed by atoms with van der Waals surface area (Å²) in [7, 11) is -2.13. The number of carbonyl (C=O) groups is 1. The fraction of sp³-hybridized carbons (Fsp3) is 0.308. The minimum atomic E-state index is -3.59. The van der Waals surface area contributed by atoms with E-state index in [1.807, 2.05) is 0 Å². The maximum Gasteiger partial charge on any atom is 0.306 e. The fourth-order valence-corrected chi connectivity index (χ4v) is 3.69. The molecule has 19 heavy (non-hydrogen) atoms. The highest BCUT2D eigenvalue weighted by molar-refractivity contribution is 7.95. The van der Waals surface area contributed by atoms with Crippen LogP contribution in [0.25, 0.3) is 6.08 Å². The molecular weight excluding hydrogens is 268 g/mol. The number of rotatable bonds is 4. The normalized spacial score (nSPS) is 17.5. The number of ether oxygens (including phenoxy) is 1. The van der Waals surface area contributed by atoms with Gasteiger partial charge in [-0.15, -0.1) is 0 Å². The molecule has 0 amide bonds. The second kappa shape index (κ2) is 4.70. The van der Waals surface area contributed by atoms with E-state index in [1.54, 1.807) is 12.1 Å². The van der Waals surface area contributed by atoms with Gasteiger partial charge in [0.15, 0.2) is 0 Å². The lowest BCUT2D eigenvalue weighted by molar-refractivity contribution is -0.141. The molecule has 6 heteroatoms. The molecule has 0 saturated carbocycles. The molecule has 1 heterocycles. The number of carboxylic acids is 1. The Hall–Kier alpha value is -1.82. The molecule has 1 aliphatic rings. The van der Waals surface area contributed by atoms with E-state index in [4.69, 9.17) is 9.84 Å². The van der Waals surface area contributed by atoms with Gasteiger partial charge in [-0.05, 0) is 36.3 Å². The van der Waals surface area contributed by atoms with Gasteiger partial charge in [0.05, 0.1) is 22.8 Å². The largest absolute Gasteiger partial charge is 0.497 e. The second-order valence-electron chi connectivity index (χ2n) is 4.46. The van der Waals surface area contributed by atoms with Crippen LogP contribution >= 0.6 is 0 Å². The van der Waals surface area contributed by atoms with E-state index >= 15 is 0 Å². The van der Waals surface area contributed by atoms with Gasteiger partial charge in [-0.3, -0.25) is 4.79 Å². The van der Waals surface area contributed by atoms with Crippen molar-refractivity contribution in [1.29, 1.82) is 0 Å².